The van der Waals surface area contributed by atoms with Gasteiger partial charge in [-0.15, -0.1) is 11.8 Å². The average Bonchev–Trinajstić information content (AvgIpc) is 2.89. The number of ether oxygens (including phenoxy) is 1. The van der Waals surface area contributed by atoms with E-state index in [-0.39, 0.29) is 5.97 Å². The number of aryl methyl sites for hydroxylation is 1. The molecule has 0 saturated carbocycles. The van der Waals surface area contributed by atoms with Crippen molar-refractivity contribution in [3.8, 4) is 0 Å². The van der Waals surface area contributed by atoms with Gasteiger partial charge in [-0.1, -0.05) is 36.4 Å². The first-order valence-corrected chi connectivity index (χ1v) is 8.04. The van der Waals surface area contributed by atoms with Crippen molar-refractivity contribution in [1.29, 1.82) is 0 Å². The fourth-order valence-corrected chi connectivity index (χ4v) is 2.96. The highest BCUT2D eigenvalue weighted by atomic mass is 32.2. The van der Waals surface area contributed by atoms with Gasteiger partial charge in [0.05, 0.1) is 5.57 Å². The van der Waals surface area contributed by atoms with Crippen LogP contribution in [0, 0.1) is 6.92 Å². The third-order valence-electron chi connectivity index (χ3n) is 3.71. The molecule has 1 heterocycles. The largest absolute Gasteiger partial charge is 0.457 e. The summed E-state index contributed by atoms with van der Waals surface area (Å²) in [6, 6.07) is 16.2. The zero-order chi connectivity index (χ0) is 14.8. The second-order valence-corrected chi connectivity index (χ2v) is 5.85. The highest BCUT2D eigenvalue weighted by Crippen LogP contribution is 2.34. The monoisotopic (exact) mass is 296 g/mol. The summed E-state index contributed by atoms with van der Waals surface area (Å²) in [7, 11) is 0. The molecule has 2 aromatic carbocycles. The molecule has 21 heavy (non-hydrogen) atoms. The van der Waals surface area contributed by atoms with E-state index in [9.17, 15) is 4.79 Å². The first-order chi connectivity index (χ1) is 10.2. The van der Waals surface area contributed by atoms with Gasteiger partial charge in [-0.3, -0.25) is 0 Å². The molecule has 0 aromatic heterocycles. The van der Waals surface area contributed by atoms with Crippen LogP contribution in [0.25, 0.3) is 11.1 Å². The maximum absolute atomic E-state index is 12.1. The molecule has 0 bridgehead atoms. The zero-order valence-electron chi connectivity index (χ0n) is 12.1. The van der Waals surface area contributed by atoms with E-state index in [0.29, 0.717) is 12.2 Å². The fraction of sp³-hybridized carbons (Fsp3) is 0.167. The van der Waals surface area contributed by atoms with E-state index >= 15 is 0 Å². The van der Waals surface area contributed by atoms with E-state index in [4.69, 9.17) is 4.74 Å². The van der Waals surface area contributed by atoms with Crippen molar-refractivity contribution in [1.82, 2.24) is 0 Å². The normalized spacial score (nSPS) is 14.5. The van der Waals surface area contributed by atoms with Gasteiger partial charge in [0, 0.05) is 10.5 Å². The van der Waals surface area contributed by atoms with Crippen molar-refractivity contribution in [2.45, 2.75) is 11.8 Å². The molecule has 2 nitrogen and oxygen atoms in total. The van der Waals surface area contributed by atoms with Gasteiger partial charge < -0.3 is 4.74 Å². The molecule has 1 aliphatic heterocycles. The summed E-state index contributed by atoms with van der Waals surface area (Å²) < 4.78 is 5.28. The SMILES string of the molecule is CSc1ccc(C2=C(c3ccccc3C)C(=O)OC2)cc1. The standard InChI is InChI=1S/C18H16O2S/c1-12-5-3-4-6-15(12)17-16(11-20-18(17)19)13-7-9-14(21-2)10-8-13/h3-10H,11H2,1-2H3. The smallest absolute Gasteiger partial charge is 0.339 e. The summed E-state index contributed by atoms with van der Waals surface area (Å²) in [4.78, 5) is 13.4. The average molecular weight is 296 g/mol. The summed E-state index contributed by atoms with van der Waals surface area (Å²) in [6.45, 7) is 2.36. The maximum Gasteiger partial charge on any atom is 0.339 e. The Morgan fingerprint density at radius 2 is 1.76 bits per heavy atom. The van der Waals surface area contributed by atoms with Gasteiger partial charge in [-0.25, -0.2) is 4.79 Å². The Bertz CT molecular complexity index is 714. The summed E-state index contributed by atoms with van der Waals surface area (Å²) >= 11 is 1.71. The Balaban J connectivity index is 2.13. The Morgan fingerprint density at radius 3 is 2.43 bits per heavy atom. The van der Waals surface area contributed by atoms with E-state index in [1.54, 1.807) is 11.8 Å². The molecule has 3 heteroatoms. The minimum Gasteiger partial charge on any atom is -0.457 e. The highest BCUT2D eigenvalue weighted by molar-refractivity contribution is 7.98. The molecule has 0 fully saturated rings. The van der Waals surface area contributed by atoms with E-state index in [1.807, 2.05) is 31.2 Å². The third-order valence-corrected chi connectivity index (χ3v) is 4.45. The number of benzene rings is 2. The number of carbonyl (C=O) groups is 1. The maximum atomic E-state index is 12.1. The Morgan fingerprint density at radius 1 is 1.05 bits per heavy atom. The predicted octanol–water partition coefficient (Wildman–Crippen LogP) is 4.18. The fourth-order valence-electron chi connectivity index (χ4n) is 2.55. The van der Waals surface area contributed by atoms with Crippen LogP contribution in [0.4, 0.5) is 0 Å². The molecule has 0 spiro atoms. The predicted molar refractivity (Wildman–Crippen MR) is 87.2 cm³/mol. The molecule has 0 saturated heterocycles. The molecule has 0 unspecified atom stereocenters. The van der Waals surface area contributed by atoms with E-state index < -0.39 is 0 Å². The van der Waals surface area contributed by atoms with Gasteiger partial charge >= 0.3 is 5.97 Å². The van der Waals surface area contributed by atoms with Crippen LogP contribution in [0.3, 0.4) is 0 Å². The van der Waals surface area contributed by atoms with Crippen molar-refractivity contribution in [3.63, 3.8) is 0 Å². The second-order valence-electron chi connectivity index (χ2n) is 4.97. The Labute approximate surface area is 128 Å². The number of carbonyl (C=O) groups excluding carboxylic acids is 1. The van der Waals surface area contributed by atoms with Crippen molar-refractivity contribution in [2.24, 2.45) is 0 Å². The lowest BCUT2D eigenvalue weighted by Gasteiger charge is -2.08. The third kappa shape index (κ3) is 2.61. The molecule has 3 rings (SSSR count). The molecular formula is C18H16O2S. The van der Waals surface area contributed by atoms with Gasteiger partial charge in [0.1, 0.15) is 6.61 Å². The highest BCUT2D eigenvalue weighted by Gasteiger charge is 2.27. The quantitative estimate of drug-likeness (QED) is 0.627. The molecule has 0 amide bonds. The molecule has 0 radical (unpaired) electrons. The molecular weight excluding hydrogens is 280 g/mol. The lowest BCUT2D eigenvalue weighted by Crippen LogP contribution is -2.00. The van der Waals surface area contributed by atoms with Crippen LogP contribution in [-0.4, -0.2) is 18.8 Å². The van der Waals surface area contributed by atoms with Crippen LogP contribution in [0.1, 0.15) is 16.7 Å². The van der Waals surface area contributed by atoms with Crippen LogP contribution >= 0.6 is 11.8 Å². The number of esters is 1. The summed E-state index contributed by atoms with van der Waals surface area (Å²) in [6.07, 6.45) is 2.05. The van der Waals surface area contributed by atoms with Crippen LogP contribution in [0.2, 0.25) is 0 Å². The first-order valence-electron chi connectivity index (χ1n) is 6.81. The number of hydrogen-bond acceptors (Lipinski definition) is 3. The van der Waals surface area contributed by atoms with Gasteiger partial charge in [0.2, 0.25) is 0 Å². The van der Waals surface area contributed by atoms with Gasteiger partial charge in [-0.05, 0) is 42.0 Å². The molecule has 2 aromatic rings. The van der Waals surface area contributed by atoms with E-state index in [2.05, 4.69) is 30.5 Å². The van der Waals surface area contributed by atoms with E-state index in [0.717, 1.165) is 22.3 Å². The van der Waals surface area contributed by atoms with Crippen molar-refractivity contribution < 1.29 is 9.53 Å². The lowest BCUT2D eigenvalue weighted by atomic mass is 9.94. The molecule has 0 N–H and O–H groups in total. The Hall–Kier alpha value is -2.00. The van der Waals surface area contributed by atoms with Crippen LogP contribution in [0.15, 0.2) is 53.4 Å². The summed E-state index contributed by atoms with van der Waals surface area (Å²) in [5, 5.41) is 0. The molecule has 106 valence electrons. The van der Waals surface area contributed by atoms with Gasteiger partial charge in [-0.2, -0.15) is 0 Å². The summed E-state index contributed by atoms with van der Waals surface area (Å²) in [5.41, 5.74) is 4.78. The second kappa shape index (κ2) is 5.78. The number of cyclic esters (lactones) is 1. The lowest BCUT2D eigenvalue weighted by molar-refractivity contribution is -0.133. The van der Waals surface area contributed by atoms with Crippen LogP contribution in [0.5, 0.6) is 0 Å². The first kappa shape index (κ1) is 14.0. The zero-order valence-corrected chi connectivity index (χ0v) is 12.9. The minimum absolute atomic E-state index is 0.228. The van der Waals surface area contributed by atoms with Crippen molar-refractivity contribution >= 4 is 28.9 Å². The molecule has 0 aliphatic carbocycles. The van der Waals surface area contributed by atoms with Crippen LogP contribution < -0.4 is 0 Å². The van der Waals surface area contributed by atoms with Crippen molar-refractivity contribution in [2.75, 3.05) is 12.9 Å². The summed E-state index contributed by atoms with van der Waals surface area (Å²) in [5.74, 6) is -0.228. The minimum atomic E-state index is -0.228. The molecule has 1 aliphatic rings. The number of rotatable bonds is 3. The number of thioether (sulfide) groups is 1. The van der Waals surface area contributed by atoms with E-state index in [1.165, 1.54) is 4.90 Å². The molecule has 0 atom stereocenters. The van der Waals surface area contributed by atoms with Crippen molar-refractivity contribution in [3.05, 3.63) is 65.2 Å². The Kier molecular flexibility index (Phi) is 3.84. The van der Waals surface area contributed by atoms with Gasteiger partial charge in [0.15, 0.2) is 0 Å². The number of hydrogen-bond donors (Lipinski definition) is 0. The van der Waals surface area contributed by atoms with Gasteiger partial charge in [0.25, 0.3) is 0 Å². The van der Waals surface area contributed by atoms with Crippen LogP contribution in [-0.2, 0) is 9.53 Å². The topological polar surface area (TPSA) is 26.3 Å².